The molecule has 0 bridgehead atoms. The van der Waals surface area contributed by atoms with E-state index in [1.54, 1.807) is 6.07 Å². The molecule has 1 saturated heterocycles. The molecule has 1 aliphatic heterocycles. The number of anilines is 2. The van der Waals surface area contributed by atoms with Gasteiger partial charge in [0.15, 0.2) is 0 Å². The third-order valence-electron chi connectivity index (χ3n) is 3.81. The second-order valence-electron chi connectivity index (χ2n) is 5.20. The van der Waals surface area contributed by atoms with Crippen molar-refractivity contribution in [2.24, 2.45) is 0 Å². The Bertz CT molecular complexity index is 713. The molecule has 1 fully saturated rings. The summed E-state index contributed by atoms with van der Waals surface area (Å²) < 4.78 is 7.33. The summed E-state index contributed by atoms with van der Waals surface area (Å²) in [5.41, 5.74) is 8.27. The van der Waals surface area contributed by atoms with E-state index in [0.29, 0.717) is 36.2 Å². The smallest absolute Gasteiger partial charge is 0.133 e. The standard InChI is InChI=1S/C16H17ClN4O/c17-14-4-2-1-3-12(14)11-21-13(10-18)9-15(19)16(21)20-5-7-22-8-6-20/h1-4,9H,5-8,11,19H2. The van der Waals surface area contributed by atoms with Gasteiger partial charge in [-0.2, -0.15) is 5.26 Å². The van der Waals surface area contributed by atoms with Crippen LogP contribution in [0.3, 0.4) is 0 Å². The van der Waals surface area contributed by atoms with Crippen molar-refractivity contribution in [1.82, 2.24) is 4.57 Å². The molecule has 2 heterocycles. The number of morpholine rings is 1. The van der Waals surface area contributed by atoms with Crippen LogP contribution in [0.15, 0.2) is 30.3 Å². The summed E-state index contributed by atoms with van der Waals surface area (Å²) >= 11 is 6.25. The van der Waals surface area contributed by atoms with Gasteiger partial charge in [-0.05, 0) is 17.7 Å². The minimum Gasteiger partial charge on any atom is -0.396 e. The number of ether oxygens (including phenoxy) is 1. The van der Waals surface area contributed by atoms with Gasteiger partial charge in [-0.1, -0.05) is 29.8 Å². The van der Waals surface area contributed by atoms with Gasteiger partial charge in [0, 0.05) is 18.1 Å². The minimum atomic E-state index is 0.520. The molecule has 0 atom stereocenters. The molecule has 0 spiro atoms. The largest absolute Gasteiger partial charge is 0.396 e. The van der Waals surface area contributed by atoms with Crippen molar-refractivity contribution < 1.29 is 4.74 Å². The molecule has 0 amide bonds. The maximum atomic E-state index is 9.40. The highest BCUT2D eigenvalue weighted by Crippen LogP contribution is 2.30. The molecule has 1 aromatic carbocycles. The highest BCUT2D eigenvalue weighted by atomic mass is 35.5. The summed E-state index contributed by atoms with van der Waals surface area (Å²) in [5.74, 6) is 0.875. The van der Waals surface area contributed by atoms with E-state index in [0.717, 1.165) is 24.5 Å². The fraction of sp³-hybridized carbons (Fsp3) is 0.312. The normalized spacial score (nSPS) is 14.8. The molecule has 0 unspecified atom stereocenters. The van der Waals surface area contributed by atoms with Crippen LogP contribution in [0, 0.1) is 11.3 Å². The van der Waals surface area contributed by atoms with Crippen LogP contribution in [0.4, 0.5) is 11.5 Å². The molecule has 114 valence electrons. The average Bonchev–Trinajstić information content (AvgIpc) is 2.86. The molecule has 1 aromatic heterocycles. The van der Waals surface area contributed by atoms with E-state index >= 15 is 0 Å². The van der Waals surface area contributed by atoms with Crippen LogP contribution >= 0.6 is 11.6 Å². The summed E-state index contributed by atoms with van der Waals surface area (Å²) in [6, 6.07) is 11.6. The molecular weight excluding hydrogens is 300 g/mol. The van der Waals surface area contributed by atoms with Crippen molar-refractivity contribution in [2.45, 2.75) is 6.54 Å². The van der Waals surface area contributed by atoms with Gasteiger partial charge in [-0.25, -0.2) is 0 Å². The van der Waals surface area contributed by atoms with Crippen LogP contribution in [0.2, 0.25) is 5.02 Å². The van der Waals surface area contributed by atoms with Gasteiger partial charge in [0.05, 0.1) is 25.4 Å². The van der Waals surface area contributed by atoms with Gasteiger partial charge in [0.25, 0.3) is 0 Å². The van der Waals surface area contributed by atoms with Crippen molar-refractivity contribution in [3.8, 4) is 6.07 Å². The molecule has 0 aliphatic carbocycles. The Morgan fingerprint density at radius 3 is 2.68 bits per heavy atom. The second-order valence-corrected chi connectivity index (χ2v) is 5.60. The lowest BCUT2D eigenvalue weighted by molar-refractivity contribution is 0.122. The molecule has 22 heavy (non-hydrogen) atoms. The van der Waals surface area contributed by atoms with E-state index in [1.165, 1.54) is 0 Å². The highest BCUT2D eigenvalue weighted by molar-refractivity contribution is 6.31. The van der Waals surface area contributed by atoms with Crippen LogP contribution in [-0.2, 0) is 11.3 Å². The van der Waals surface area contributed by atoms with Crippen LogP contribution in [0.5, 0.6) is 0 Å². The molecule has 5 nitrogen and oxygen atoms in total. The number of rotatable bonds is 3. The molecule has 3 rings (SSSR count). The number of hydrogen-bond acceptors (Lipinski definition) is 4. The van der Waals surface area contributed by atoms with Gasteiger partial charge in [0.1, 0.15) is 17.6 Å². The van der Waals surface area contributed by atoms with Crippen molar-refractivity contribution in [2.75, 3.05) is 36.9 Å². The first kappa shape index (κ1) is 14.8. The number of benzene rings is 1. The van der Waals surface area contributed by atoms with E-state index in [2.05, 4.69) is 11.0 Å². The van der Waals surface area contributed by atoms with Crippen LogP contribution in [0.25, 0.3) is 0 Å². The monoisotopic (exact) mass is 316 g/mol. The van der Waals surface area contributed by atoms with E-state index in [-0.39, 0.29) is 0 Å². The first-order valence-corrected chi connectivity index (χ1v) is 7.53. The maximum Gasteiger partial charge on any atom is 0.133 e. The SMILES string of the molecule is N#Cc1cc(N)c(N2CCOCC2)n1Cc1ccccc1Cl. The number of halogens is 1. The number of nitrogens with two attached hydrogens (primary N) is 1. The van der Waals surface area contributed by atoms with Gasteiger partial charge >= 0.3 is 0 Å². The van der Waals surface area contributed by atoms with E-state index in [9.17, 15) is 5.26 Å². The number of aromatic nitrogens is 1. The van der Waals surface area contributed by atoms with Crippen LogP contribution < -0.4 is 10.6 Å². The average molecular weight is 317 g/mol. The summed E-state index contributed by atoms with van der Waals surface area (Å²) in [6.07, 6.45) is 0. The molecule has 0 saturated carbocycles. The summed E-state index contributed by atoms with van der Waals surface area (Å²) in [7, 11) is 0. The Balaban J connectivity index is 2.01. The van der Waals surface area contributed by atoms with Gasteiger partial charge in [-0.3, -0.25) is 0 Å². The first-order valence-electron chi connectivity index (χ1n) is 7.16. The quantitative estimate of drug-likeness (QED) is 0.944. The summed E-state index contributed by atoms with van der Waals surface area (Å²) in [5, 5.41) is 10.1. The zero-order valence-electron chi connectivity index (χ0n) is 12.1. The fourth-order valence-electron chi connectivity index (χ4n) is 2.74. The molecule has 1 aliphatic rings. The predicted octanol–water partition coefficient (Wildman–Crippen LogP) is 2.48. The Morgan fingerprint density at radius 1 is 1.27 bits per heavy atom. The van der Waals surface area contributed by atoms with Crippen LogP contribution in [-0.4, -0.2) is 30.9 Å². The minimum absolute atomic E-state index is 0.520. The third kappa shape index (κ3) is 2.76. The second kappa shape index (κ2) is 6.30. The zero-order valence-corrected chi connectivity index (χ0v) is 12.9. The lowest BCUT2D eigenvalue weighted by atomic mass is 10.2. The molecule has 2 N–H and O–H groups in total. The van der Waals surface area contributed by atoms with Gasteiger partial charge in [0.2, 0.25) is 0 Å². The van der Waals surface area contributed by atoms with E-state index in [4.69, 9.17) is 22.1 Å². The molecule has 2 aromatic rings. The fourth-order valence-corrected chi connectivity index (χ4v) is 2.93. The maximum absolute atomic E-state index is 9.40. The topological polar surface area (TPSA) is 67.2 Å². The predicted molar refractivity (Wildman–Crippen MR) is 87.1 cm³/mol. The van der Waals surface area contributed by atoms with Crippen molar-refractivity contribution in [1.29, 1.82) is 5.26 Å². The number of nitrogens with zero attached hydrogens (tertiary/aromatic N) is 3. The van der Waals surface area contributed by atoms with Crippen LogP contribution in [0.1, 0.15) is 11.3 Å². The Kier molecular flexibility index (Phi) is 4.23. The lowest BCUT2D eigenvalue weighted by Crippen LogP contribution is -2.38. The summed E-state index contributed by atoms with van der Waals surface area (Å²) in [4.78, 5) is 2.16. The number of hydrogen-bond donors (Lipinski definition) is 1. The highest BCUT2D eigenvalue weighted by Gasteiger charge is 2.21. The third-order valence-corrected chi connectivity index (χ3v) is 4.18. The first-order chi connectivity index (χ1) is 10.7. The van der Waals surface area contributed by atoms with Crippen molar-refractivity contribution in [3.05, 3.63) is 46.6 Å². The molecule has 0 radical (unpaired) electrons. The Labute approximate surface area is 134 Å². The zero-order chi connectivity index (χ0) is 15.5. The Morgan fingerprint density at radius 2 is 2.00 bits per heavy atom. The van der Waals surface area contributed by atoms with Crippen molar-refractivity contribution >= 4 is 23.1 Å². The number of nitrogen functional groups attached to an aromatic ring is 1. The molecular formula is C16H17ClN4O. The lowest BCUT2D eigenvalue weighted by Gasteiger charge is -2.30. The summed E-state index contributed by atoms with van der Waals surface area (Å²) in [6.45, 7) is 3.38. The van der Waals surface area contributed by atoms with Gasteiger partial charge in [-0.15, -0.1) is 0 Å². The van der Waals surface area contributed by atoms with Crippen molar-refractivity contribution in [3.63, 3.8) is 0 Å². The molecule has 6 heteroatoms. The van der Waals surface area contributed by atoms with E-state index in [1.807, 2.05) is 28.8 Å². The van der Waals surface area contributed by atoms with E-state index < -0.39 is 0 Å². The van der Waals surface area contributed by atoms with Gasteiger partial charge < -0.3 is 19.9 Å². The number of nitriles is 1. The Hall–Kier alpha value is -2.16.